The van der Waals surface area contributed by atoms with Crippen molar-refractivity contribution in [1.29, 1.82) is 0 Å². The fraction of sp³-hybridized carbons (Fsp3) is 0.182. The first-order valence-electron chi connectivity index (χ1n) is 9.00. The van der Waals surface area contributed by atoms with Crippen molar-refractivity contribution >= 4 is 23.2 Å². The normalized spacial score (nSPS) is 10.4. The van der Waals surface area contributed by atoms with Gasteiger partial charge in [-0.25, -0.2) is 4.98 Å². The van der Waals surface area contributed by atoms with Crippen molar-refractivity contribution in [3.8, 4) is 5.75 Å². The largest absolute Gasteiger partial charge is 0.496 e. The summed E-state index contributed by atoms with van der Waals surface area (Å²) in [5.41, 5.74) is 3.39. The van der Waals surface area contributed by atoms with Gasteiger partial charge in [0.1, 0.15) is 11.4 Å². The van der Waals surface area contributed by atoms with Crippen LogP contribution in [0, 0.1) is 0 Å². The first-order chi connectivity index (χ1) is 13.7. The number of nitrogens with zero attached hydrogens (tertiary/aromatic N) is 1. The van der Waals surface area contributed by atoms with Gasteiger partial charge in [-0.2, -0.15) is 0 Å². The number of carbonyl (C=O) groups is 1. The number of hydrogen-bond donors (Lipinski definition) is 2. The highest BCUT2D eigenvalue weighted by Crippen LogP contribution is 2.18. The molecule has 2 N–H and O–H groups in total. The van der Waals surface area contributed by atoms with Crippen LogP contribution in [-0.2, 0) is 13.0 Å². The van der Waals surface area contributed by atoms with Crippen LogP contribution in [0.2, 0.25) is 5.02 Å². The van der Waals surface area contributed by atoms with Crippen LogP contribution >= 0.6 is 11.6 Å². The van der Waals surface area contributed by atoms with Gasteiger partial charge in [-0.05, 0) is 42.3 Å². The van der Waals surface area contributed by atoms with Crippen molar-refractivity contribution < 1.29 is 9.53 Å². The fourth-order valence-corrected chi connectivity index (χ4v) is 2.87. The van der Waals surface area contributed by atoms with Gasteiger partial charge in [0.2, 0.25) is 0 Å². The van der Waals surface area contributed by atoms with Gasteiger partial charge < -0.3 is 15.4 Å². The molecule has 0 radical (unpaired) electrons. The molecule has 3 rings (SSSR count). The van der Waals surface area contributed by atoms with Gasteiger partial charge in [0.15, 0.2) is 0 Å². The minimum atomic E-state index is -0.190. The number of aromatic nitrogens is 1. The highest BCUT2D eigenvalue weighted by atomic mass is 35.5. The van der Waals surface area contributed by atoms with Crippen LogP contribution in [0.15, 0.2) is 66.9 Å². The van der Waals surface area contributed by atoms with E-state index in [1.165, 1.54) is 0 Å². The summed E-state index contributed by atoms with van der Waals surface area (Å²) in [4.78, 5) is 16.5. The smallest absolute Gasteiger partial charge is 0.269 e. The number of ether oxygens (including phenoxy) is 1. The predicted octanol–water partition coefficient (Wildman–Crippen LogP) is 4.33. The average Bonchev–Trinajstić information content (AvgIpc) is 2.74. The quantitative estimate of drug-likeness (QED) is 0.596. The Balaban J connectivity index is 1.49. The molecule has 0 fully saturated rings. The first kappa shape index (κ1) is 19.7. The molecule has 144 valence electrons. The molecule has 3 aromatic rings. The summed E-state index contributed by atoms with van der Waals surface area (Å²) in [6.45, 7) is 1.15. The zero-order chi connectivity index (χ0) is 19.8. The van der Waals surface area contributed by atoms with Gasteiger partial charge in [-0.1, -0.05) is 41.9 Å². The lowest BCUT2D eigenvalue weighted by Gasteiger charge is -2.10. The van der Waals surface area contributed by atoms with Gasteiger partial charge >= 0.3 is 0 Å². The maximum absolute atomic E-state index is 12.2. The lowest BCUT2D eigenvalue weighted by Crippen LogP contribution is -2.26. The Morgan fingerprint density at radius 2 is 1.86 bits per heavy atom. The van der Waals surface area contributed by atoms with E-state index < -0.39 is 0 Å². The van der Waals surface area contributed by atoms with Gasteiger partial charge in [0, 0.05) is 23.7 Å². The number of hydrogen-bond acceptors (Lipinski definition) is 4. The summed E-state index contributed by atoms with van der Waals surface area (Å²) >= 11 is 5.87. The van der Waals surface area contributed by atoms with Crippen LogP contribution in [0.5, 0.6) is 5.75 Å². The van der Waals surface area contributed by atoms with E-state index in [2.05, 4.69) is 15.6 Å². The zero-order valence-electron chi connectivity index (χ0n) is 15.6. The molecule has 0 spiro atoms. The van der Waals surface area contributed by atoms with E-state index in [4.69, 9.17) is 16.3 Å². The second-order valence-corrected chi connectivity index (χ2v) is 6.67. The molecule has 0 aliphatic heterocycles. The third-order valence-electron chi connectivity index (χ3n) is 4.28. The summed E-state index contributed by atoms with van der Waals surface area (Å²) in [6.07, 6.45) is 2.39. The van der Waals surface area contributed by atoms with Crippen molar-refractivity contribution in [2.45, 2.75) is 13.0 Å². The number of halogens is 1. The van der Waals surface area contributed by atoms with E-state index in [1.54, 1.807) is 19.4 Å². The predicted molar refractivity (Wildman–Crippen MR) is 112 cm³/mol. The Hall–Kier alpha value is -3.05. The molecule has 0 saturated heterocycles. The average molecular weight is 396 g/mol. The Morgan fingerprint density at radius 3 is 2.57 bits per heavy atom. The number of carbonyl (C=O) groups excluding carboxylic acids is 1. The van der Waals surface area contributed by atoms with Crippen LogP contribution in [-0.4, -0.2) is 24.5 Å². The number of pyridine rings is 1. The molecule has 6 heteroatoms. The molecule has 1 amide bonds. The van der Waals surface area contributed by atoms with Crippen LogP contribution in [0.3, 0.4) is 0 Å². The molecule has 0 unspecified atom stereocenters. The maximum atomic E-state index is 12.2. The van der Waals surface area contributed by atoms with Crippen LogP contribution in [0.1, 0.15) is 21.6 Å². The molecule has 1 aromatic heterocycles. The van der Waals surface area contributed by atoms with Crippen molar-refractivity contribution in [3.05, 3.63) is 88.7 Å². The Kier molecular flexibility index (Phi) is 6.87. The Bertz CT molecular complexity index is 912. The summed E-state index contributed by atoms with van der Waals surface area (Å²) in [5.74, 6) is 0.643. The van der Waals surface area contributed by atoms with E-state index in [1.807, 2.05) is 54.6 Å². The minimum absolute atomic E-state index is 0.190. The van der Waals surface area contributed by atoms with E-state index in [0.29, 0.717) is 23.8 Å². The number of rotatable bonds is 8. The van der Waals surface area contributed by atoms with Crippen molar-refractivity contribution in [2.75, 3.05) is 19.0 Å². The van der Waals surface area contributed by atoms with E-state index >= 15 is 0 Å². The molecule has 0 atom stereocenters. The molecule has 0 bridgehead atoms. The van der Waals surface area contributed by atoms with Crippen LogP contribution in [0.4, 0.5) is 5.69 Å². The molecule has 5 nitrogen and oxygen atoms in total. The first-order valence-corrected chi connectivity index (χ1v) is 9.38. The molecule has 2 aromatic carbocycles. The van der Waals surface area contributed by atoms with Crippen LogP contribution < -0.4 is 15.4 Å². The number of benzene rings is 2. The Labute approximate surface area is 169 Å². The molecule has 28 heavy (non-hydrogen) atoms. The summed E-state index contributed by atoms with van der Waals surface area (Å²) < 4.78 is 5.34. The monoisotopic (exact) mass is 395 g/mol. The fourth-order valence-electron chi connectivity index (χ4n) is 2.74. The number of anilines is 1. The molecular weight excluding hydrogens is 374 g/mol. The van der Waals surface area contributed by atoms with Gasteiger partial charge in [-0.3, -0.25) is 4.79 Å². The molecule has 1 heterocycles. The summed E-state index contributed by atoms with van der Waals surface area (Å²) in [5, 5.41) is 6.87. The summed E-state index contributed by atoms with van der Waals surface area (Å²) in [6, 6.07) is 19.0. The Morgan fingerprint density at radius 1 is 1.07 bits per heavy atom. The van der Waals surface area contributed by atoms with E-state index in [-0.39, 0.29) is 5.91 Å². The van der Waals surface area contributed by atoms with Gasteiger partial charge in [0.25, 0.3) is 5.91 Å². The third kappa shape index (κ3) is 5.47. The number of methoxy groups -OCH3 is 1. The molecule has 0 saturated carbocycles. The number of amides is 1. The topological polar surface area (TPSA) is 63.2 Å². The highest BCUT2D eigenvalue weighted by molar-refractivity contribution is 6.30. The molecule has 0 aliphatic rings. The standard InChI is InChI=1S/C22H22ClN3O2/c1-28-21-5-3-2-4-17(21)14-25-19-10-11-20(26-15-19)22(27)24-13-12-16-6-8-18(23)9-7-16/h2-11,15,25H,12-14H2,1H3,(H,24,27). The van der Waals surface area contributed by atoms with E-state index in [0.717, 1.165) is 29.0 Å². The second kappa shape index (κ2) is 9.76. The molecule has 0 aliphatic carbocycles. The molecular formula is C22H22ClN3O2. The number of nitrogens with one attached hydrogen (secondary N) is 2. The number of para-hydroxylation sites is 1. The van der Waals surface area contributed by atoms with Crippen molar-refractivity contribution in [3.63, 3.8) is 0 Å². The van der Waals surface area contributed by atoms with Crippen molar-refractivity contribution in [2.24, 2.45) is 0 Å². The second-order valence-electron chi connectivity index (χ2n) is 6.23. The highest BCUT2D eigenvalue weighted by Gasteiger charge is 2.07. The van der Waals surface area contributed by atoms with Crippen molar-refractivity contribution in [1.82, 2.24) is 10.3 Å². The third-order valence-corrected chi connectivity index (χ3v) is 4.54. The van der Waals surface area contributed by atoms with Crippen LogP contribution in [0.25, 0.3) is 0 Å². The summed E-state index contributed by atoms with van der Waals surface area (Å²) in [7, 11) is 1.65. The maximum Gasteiger partial charge on any atom is 0.269 e. The lowest BCUT2D eigenvalue weighted by molar-refractivity contribution is 0.0949. The minimum Gasteiger partial charge on any atom is -0.496 e. The SMILES string of the molecule is COc1ccccc1CNc1ccc(C(=O)NCCc2ccc(Cl)cc2)nc1. The lowest BCUT2D eigenvalue weighted by atomic mass is 10.1. The van der Waals surface area contributed by atoms with Gasteiger partial charge in [-0.15, -0.1) is 0 Å². The van der Waals surface area contributed by atoms with Gasteiger partial charge in [0.05, 0.1) is 19.0 Å². The van der Waals surface area contributed by atoms with E-state index in [9.17, 15) is 4.79 Å². The zero-order valence-corrected chi connectivity index (χ0v) is 16.4.